The summed E-state index contributed by atoms with van der Waals surface area (Å²) in [4.78, 5) is 0. The second-order valence-corrected chi connectivity index (χ2v) is 2.98. The highest BCUT2D eigenvalue weighted by Gasteiger charge is 2.28. The van der Waals surface area contributed by atoms with Gasteiger partial charge in [-0.15, -0.1) is 0 Å². The average Bonchev–Trinajstić information content (AvgIpc) is 2.58. The van der Waals surface area contributed by atoms with Crippen molar-refractivity contribution in [3.05, 3.63) is 28.8 Å². The lowest BCUT2D eigenvalue weighted by molar-refractivity contribution is 0.275. The molecule has 0 saturated heterocycles. The molecule has 0 fully saturated rings. The van der Waals surface area contributed by atoms with E-state index in [-0.39, 0.29) is 12.2 Å². The van der Waals surface area contributed by atoms with Crippen molar-refractivity contribution in [2.75, 3.05) is 0 Å². The van der Waals surface area contributed by atoms with Crippen LogP contribution < -0.4 is 5.46 Å². The van der Waals surface area contributed by atoms with Gasteiger partial charge in [0.05, 0.1) is 17.7 Å². The van der Waals surface area contributed by atoms with Crippen LogP contribution in [0.1, 0.15) is 16.7 Å². The third-order valence-electron chi connectivity index (χ3n) is 2.18. The molecule has 0 atom stereocenters. The van der Waals surface area contributed by atoms with Gasteiger partial charge in [0.25, 0.3) is 0 Å². The highest BCUT2D eigenvalue weighted by Crippen LogP contribution is 2.14. The van der Waals surface area contributed by atoms with Crippen molar-refractivity contribution >= 4 is 12.6 Å². The van der Waals surface area contributed by atoms with Gasteiger partial charge in [-0.05, 0) is 23.2 Å². The summed E-state index contributed by atoms with van der Waals surface area (Å²) in [6, 6.07) is 6.93. The summed E-state index contributed by atoms with van der Waals surface area (Å²) in [7, 11) is -0.968. The molecule has 0 unspecified atom stereocenters. The van der Waals surface area contributed by atoms with Crippen molar-refractivity contribution in [2.24, 2.45) is 0 Å². The lowest BCUT2D eigenvalue weighted by Crippen LogP contribution is -2.28. The van der Waals surface area contributed by atoms with Crippen LogP contribution >= 0.6 is 0 Å². The van der Waals surface area contributed by atoms with E-state index in [4.69, 9.17) is 15.2 Å². The summed E-state index contributed by atoms with van der Waals surface area (Å²) in [5.41, 5.74) is 1.95. The van der Waals surface area contributed by atoms with Crippen LogP contribution in [-0.4, -0.2) is 12.1 Å². The minimum absolute atomic E-state index is 0.274. The number of hydrogen-bond donors (Lipinski definition) is 1. The van der Waals surface area contributed by atoms with Gasteiger partial charge in [-0.25, -0.2) is 0 Å². The van der Waals surface area contributed by atoms with Crippen molar-refractivity contribution in [2.45, 2.75) is 6.61 Å². The number of hydrogen-bond acceptors (Lipinski definition) is 4. The van der Waals surface area contributed by atoms with E-state index in [1.165, 1.54) is 6.07 Å². The first-order valence-corrected chi connectivity index (χ1v) is 4.03. The summed E-state index contributed by atoms with van der Waals surface area (Å²) in [5, 5.41) is 26.8. The van der Waals surface area contributed by atoms with Gasteiger partial charge < -0.3 is 9.68 Å². The minimum atomic E-state index is -0.968. The third kappa shape index (κ3) is 1.16. The molecule has 1 N–H and O–H groups in total. The molecule has 0 amide bonds. The molecule has 1 aliphatic rings. The molecule has 0 bridgehead atoms. The van der Waals surface area contributed by atoms with E-state index in [1.54, 1.807) is 6.07 Å². The fourth-order valence-electron chi connectivity index (χ4n) is 1.46. The summed E-state index contributed by atoms with van der Waals surface area (Å²) >= 11 is 0. The van der Waals surface area contributed by atoms with Gasteiger partial charge in [0, 0.05) is 0 Å². The molecule has 5 heteroatoms. The van der Waals surface area contributed by atoms with Crippen molar-refractivity contribution in [1.82, 2.24) is 0 Å². The Labute approximate surface area is 81.1 Å². The molecule has 14 heavy (non-hydrogen) atoms. The van der Waals surface area contributed by atoms with E-state index < -0.39 is 7.12 Å². The van der Waals surface area contributed by atoms with E-state index in [1.807, 2.05) is 12.1 Å². The molecule has 4 nitrogen and oxygen atoms in total. The maximum atomic E-state index is 9.35. The molecule has 1 aromatic rings. The van der Waals surface area contributed by atoms with Crippen LogP contribution in [0.3, 0.4) is 0 Å². The molecule has 0 saturated carbocycles. The number of nitrogens with zero attached hydrogens (tertiary/aromatic N) is 2. The van der Waals surface area contributed by atoms with Gasteiger partial charge in [0.1, 0.15) is 12.1 Å². The van der Waals surface area contributed by atoms with Gasteiger partial charge in [-0.2, -0.15) is 10.5 Å². The fourth-order valence-corrected chi connectivity index (χ4v) is 1.46. The molecule has 0 aromatic heterocycles. The number of fused-ring (bicyclic) bond motifs is 1. The van der Waals surface area contributed by atoms with E-state index >= 15 is 0 Å². The number of benzene rings is 1. The Bertz CT molecular complexity index is 473. The summed E-state index contributed by atoms with van der Waals surface area (Å²) in [6.45, 7) is 0.289. The Morgan fingerprint density at radius 2 is 1.93 bits per heavy atom. The normalized spacial score (nSPS) is 13.2. The van der Waals surface area contributed by atoms with E-state index in [9.17, 15) is 5.02 Å². The van der Waals surface area contributed by atoms with Crippen LogP contribution in [0.15, 0.2) is 12.1 Å². The number of nitriles is 2. The third-order valence-corrected chi connectivity index (χ3v) is 2.18. The first kappa shape index (κ1) is 8.77. The molecule has 2 rings (SSSR count). The zero-order valence-corrected chi connectivity index (χ0v) is 7.19. The SMILES string of the molecule is N#Cc1cc2c(cc1C#N)B(O)OC2. The van der Waals surface area contributed by atoms with E-state index in [0.29, 0.717) is 11.0 Å². The van der Waals surface area contributed by atoms with Gasteiger partial charge in [-0.3, -0.25) is 0 Å². The zero-order chi connectivity index (χ0) is 10.1. The van der Waals surface area contributed by atoms with Gasteiger partial charge in [0.15, 0.2) is 0 Å². The molecule has 1 aromatic carbocycles. The quantitative estimate of drug-likeness (QED) is 0.558. The van der Waals surface area contributed by atoms with Crippen LogP contribution in [-0.2, 0) is 11.3 Å². The largest absolute Gasteiger partial charge is 0.491 e. The van der Waals surface area contributed by atoms with Crippen LogP contribution in [0.4, 0.5) is 0 Å². The predicted molar refractivity (Wildman–Crippen MR) is 48.3 cm³/mol. The predicted octanol–water partition coefficient (Wildman–Crippen LogP) is -0.352. The monoisotopic (exact) mass is 184 g/mol. The van der Waals surface area contributed by atoms with Gasteiger partial charge >= 0.3 is 7.12 Å². The Hall–Kier alpha value is -1.82. The Morgan fingerprint density at radius 1 is 1.29 bits per heavy atom. The van der Waals surface area contributed by atoms with Crippen LogP contribution in [0.2, 0.25) is 0 Å². The van der Waals surface area contributed by atoms with Crippen molar-refractivity contribution < 1.29 is 9.68 Å². The van der Waals surface area contributed by atoms with Crippen molar-refractivity contribution in [3.63, 3.8) is 0 Å². The molecule has 66 valence electrons. The molecule has 0 radical (unpaired) electrons. The highest BCUT2D eigenvalue weighted by molar-refractivity contribution is 6.61. The number of rotatable bonds is 0. The van der Waals surface area contributed by atoms with Crippen LogP contribution in [0.5, 0.6) is 0 Å². The van der Waals surface area contributed by atoms with Gasteiger partial charge in [0.2, 0.25) is 0 Å². The zero-order valence-electron chi connectivity index (χ0n) is 7.19. The molecule has 0 aliphatic carbocycles. The first-order chi connectivity index (χ1) is 6.76. The Morgan fingerprint density at radius 3 is 2.57 bits per heavy atom. The highest BCUT2D eigenvalue weighted by atomic mass is 16.5. The molecule has 0 spiro atoms. The second-order valence-electron chi connectivity index (χ2n) is 2.98. The topological polar surface area (TPSA) is 77.0 Å². The Kier molecular flexibility index (Phi) is 1.97. The van der Waals surface area contributed by atoms with E-state index in [0.717, 1.165) is 5.56 Å². The van der Waals surface area contributed by atoms with E-state index in [2.05, 4.69) is 0 Å². The average molecular weight is 184 g/mol. The molecule has 1 heterocycles. The van der Waals surface area contributed by atoms with Crippen molar-refractivity contribution in [3.8, 4) is 12.1 Å². The van der Waals surface area contributed by atoms with Gasteiger partial charge in [-0.1, -0.05) is 0 Å². The Balaban J connectivity index is 2.63. The minimum Gasteiger partial charge on any atom is -0.423 e. The second kappa shape index (κ2) is 3.15. The summed E-state index contributed by atoms with van der Waals surface area (Å²) in [5.74, 6) is 0. The lowest BCUT2D eigenvalue weighted by Gasteiger charge is -1.99. The molecular formula is C9H5BN2O2. The van der Waals surface area contributed by atoms with Crippen LogP contribution in [0, 0.1) is 22.7 Å². The maximum absolute atomic E-state index is 9.35. The summed E-state index contributed by atoms with van der Waals surface area (Å²) in [6.07, 6.45) is 0. The van der Waals surface area contributed by atoms with Crippen molar-refractivity contribution in [1.29, 1.82) is 10.5 Å². The molecule has 1 aliphatic heterocycles. The molecular weight excluding hydrogens is 179 g/mol. The summed E-state index contributed by atoms with van der Waals surface area (Å²) < 4.78 is 4.96. The standard InChI is InChI=1S/C9H5BN2O2/c11-3-6-1-8-5-14-10(13)9(8)2-7(6)4-12/h1-2,13H,5H2. The van der Waals surface area contributed by atoms with Crippen LogP contribution in [0.25, 0.3) is 0 Å². The fraction of sp³-hybridized carbons (Fsp3) is 0.111. The maximum Gasteiger partial charge on any atom is 0.491 e. The first-order valence-electron chi connectivity index (χ1n) is 4.03. The lowest BCUT2D eigenvalue weighted by atomic mass is 9.78. The smallest absolute Gasteiger partial charge is 0.423 e.